The van der Waals surface area contributed by atoms with E-state index in [1.807, 2.05) is 13.0 Å². The van der Waals surface area contributed by atoms with Crippen molar-refractivity contribution in [2.24, 2.45) is 0 Å². The molecule has 0 aliphatic rings. The van der Waals surface area contributed by atoms with E-state index in [9.17, 15) is 5.26 Å². The van der Waals surface area contributed by atoms with E-state index in [1.165, 1.54) is 0 Å². The molecule has 0 aromatic rings. The Balaban J connectivity index is 5.28. The highest BCUT2D eigenvalue weighted by atomic mass is 28.3. The molecule has 0 fully saturated rings. The molecule has 0 heterocycles. The molecule has 0 bridgehead atoms. The SMILES string of the molecule is C=CC(C)(C#N)[Si](C)(C)C(C)(C)C. The van der Waals surface area contributed by atoms with Crippen LogP contribution in [-0.4, -0.2) is 8.07 Å². The van der Waals surface area contributed by atoms with Gasteiger partial charge >= 0.3 is 0 Å². The van der Waals surface area contributed by atoms with Crippen LogP contribution in [0.15, 0.2) is 12.7 Å². The van der Waals surface area contributed by atoms with Crippen LogP contribution in [0.2, 0.25) is 23.2 Å². The smallest absolute Gasteiger partial charge is 0.0807 e. The van der Waals surface area contributed by atoms with Gasteiger partial charge in [-0.1, -0.05) is 39.9 Å². The largest absolute Gasteiger partial charge is 0.198 e. The normalized spacial score (nSPS) is 17.3. The minimum absolute atomic E-state index is 0.228. The summed E-state index contributed by atoms with van der Waals surface area (Å²) >= 11 is 0. The molecular formula is C11H21NSi. The lowest BCUT2D eigenvalue weighted by atomic mass is 10.2. The van der Waals surface area contributed by atoms with Crippen LogP contribution < -0.4 is 0 Å². The standard InChI is InChI=1S/C11H21NSi/c1-8-11(5,9-12)13(6,7)10(2,3)4/h8H,1H2,2-7H3. The minimum atomic E-state index is -1.64. The van der Waals surface area contributed by atoms with Crippen LogP contribution in [0.3, 0.4) is 0 Å². The predicted octanol–water partition coefficient (Wildman–Crippen LogP) is 3.96. The molecule has 0 radical (unpaired) electrons. The van der Waals surface area contributed by atoms with Gasteiger partial charge in [0.2, 0.25) is 0 Å². The van der Waals surface area contributed by atoms with Crippen LogP contribution in [0.25, 0.3) is 0 Å². The summed E-state index contributed by atoms with van der Waals surface area (Å²) in [6.45, 7) is 17.0. The van der Waals surface area contributed by atoms with E-state index >= 15 is 0 Å². The number of nitriles is 1. The van der Waals surface area contributed by atoms with Gasteiger partial charge in [-0.3, -0.25) is 0 Å². The Hall–Kier alpha value is -0.553. The Morgan fingerprint density at radius 3 is 1.69 bits per heavy atom. The zero-order valence-corrected chi connectivity index (χ0v) is 10.7. The van der Waals surface area contributed by atoms with E-state index in [1.54, 1.807) is 0 Å². The molecule has 0 spiro atoms. The molecule has 13 heavy (non-hydrogen) atoms. The Kier molecular flexibility index (Phi) is 3.16. The first-order chi connectivity index (χ1) is 5.62. The quantitative estimate of drug-likeness (QED) is 0.483. The predicted molar refractivity (Wildman–Crippen MR) is 61.4 cm³/mol. The highest BCUT2D eigenvalue weighted by Crippen LogP contribution is 2.51. The summed E-state index contributed by atoms with van der Waals surface area (Å²) in [5, 5.41) is 9.10. The van der Waals surface area contributed by atoms with Crippen LogP contribution in [-0.2, 0) is 0 Å². The zero-order chi connectivity index (χ0) is 10.9. The van der Waals surface area contributed by atoms with Crippen molar-refractivity contribution in [2.75, 3.05) is 0 Å². The van der Waals surface area contributed by atoms with Crippen molar-refractivity contribution in [2.45, 2.75) is 50.9 Å². The molecule has 1 nitrogen and oxygen atoms in total. The maximum Gasteiger partial charge on any atom is 0.0807 e. The Morgan fingerprint density at radius 2 is 1.62 bits per heavy atom. The maximum atomic E-state index is 9.20. The zero-order valence-electron chi connectivity index (χ0n) is 9.73. The number of nitrogens with zero attached hydrogens (tertiary/aromatic N) is 1. The molecule has 74 valence electrons. The molecule has 2 heteroatoms. The van der Waals surface area contributed by atoms with Gasteiger partial charge in [-0.2, -0.15) is 5.26 Å². The molecule has 0 aromatic heterocycles. The van der Waals surface area contributed by atoms with Crippen LogP contribution >= 0.6 is 0 Å². The van der Waals surface area contributed by atoms with Crippen LogP contribution in [0.4, 0.5) is 0 Å². The average Bonchev–Trinajstić information content (AvgIpc) is 2.00. The molecule has 0 saturated heterocycles. The lowest BCUT2D eigenvalue weighted by Crippen LogP contribution is -2.46. The van der Waals surface area contributed by atoms with E-state index in [0.717, 1.165) is 0 Å². The van der Waals surface area contributed by atoms with Crippen molar-refractivity contribution in [3.8, 4) is 6.07 Å². The van der Waals surface area contributed by atoms with E-state index in [0.29, 0.717) is 0 Å². The highest BCUT2D eigenvalue weighted by molar-refractivity contribution is 6.84. The Bertz CT molecular complexity index is 242. The number of hydrogen-bond acceptors (Lipinski definition) is 1. The molecule has 0 aliphatic carbocycles. The van der Waals surface area contributed by atoms with Gasteiger partial charge in [0, 0.05) is 0 Å². The van der Waals surface area contributed by atoms with Gasteiger partial charge in [-0.05, 0) is 12.0 Å². The fourth-order valence-corrected chi connectivity index (χ4v) is 3.57. The van der Waals surface area contributed by atoms with Crippen molar-refractivity contribution in [1.29, 1.82) is 5.26 Å². The van der Waals surface area contributed by atoms with Crippen LogP contribution in [0, 0.1) is 11.3 Å². The third-order valence-corrected chi connectivity index (χ3v) is 10.5. The summed E-state index contributed by atoms with van der Waals surface area (Å²) < 4.78 is 0. The Morgan fingerprint density at radius 1 is 1.23 bits per heavy atom. The van der Waals surface area contributed by atoms with E-state index in [2.05, 4.69) is 46.5 Å². The summed E-state index contributed by atoms with van der Waals surface area (Å²) in [5.41, 5.74) is 0. The number of rotatable bonds is 2. The second-order valence-corrected chi connectivity index (χ2v) is 11.2. The van der Waals surface area contributed by atoms with Gasteiger partial charge in [0.05, 0.1) is 19.2 Å². The van der Waals surface area contributed by atoms with Gasteiger partial charge in [0.25, 0.3) is 0 Å². The molecule has 1 unspecified atom stereocenters. The molecule has 0 N–H and O–H groups in total. The topological polar surface area (TPSA) is 23.8 Å². The summed E-state index contributed by atoms with van der Waals surface area (Å²) in [7, 11) is -1.64. The van der Waals surface area contributed by atoms with Crippen molar-refractivity contribution in [1.82, 2.24) is 0 Å². The van der Waals surface area contributed by atoms with Gasteiger partial charge in [0.1, 0.15) is 0 Å². The molecule has 0 saturated carbocycles. The summed E-state index contributed by atoms with van der Waals surface area (Å²) in [4.78, 5) is 0. The first kappa shape index (κ1) is 12.4. The van der Waals surface area contributed by atoms with Crippen molar-refractivity contribution < 1.29 is 0 Å². The number of allylic oxidation sites excluding steroid dienone is 1. The third kappa shape index (κ3) is 1.86. The average molecular weight is 195 g/mol. The van der Waals surface area contributed by atoms with Gasteiger partial charge in [0.15, 0.2) is 0 Å². The summed E-state index contributed by atoms with van der Waals surface area (Å²) in [5.74, 6) is 0. The molecule has 0 aromatic carbocycles. The maximum absolute atomic E-state index is 9.20. The molecule has 1 atom stereocenters. The van der Waals surface area contributed by atoms with Crippen molar-refractivity contribution in [3.05, 3.63) is 12.7 Å². The first-order valence-corrected chi connectivity index (χ1v) is 7.67. The second kappa shape index (κ2) is 3.30. The van der Waals surface area contributed by atoms with Crippen LogP contribution in [0.5, 0.6) is 0 Å². The molecule has 0 aliphatic heterocycles. The van der Waals surface area contributed by atoms with Crippen molar-refractivity contribution in [3.63, 3.8) is 0 Å². The Labute approximate surface area is 83.5 Å². The minimum Gasteiger partial charge on any atom is -0.198 e. The first-order valence-electron chi connectivity index (χ1n) is 4.67. The monoisotopic (exact) mass is 195 g/mol. The van der Waals surface area contributed by atoms with Gasteiger partial charge in [-0.25, -0.2) is 0 Å². The van der Waals surface area contributed by atoms with E-state index < -0.39 is 8.07 Å². The molecule has 0 rings (SSSR count). The van der Waals surface area contributed by atoms with Crippen molar-refractivity contribution >= 4 is 8.07 Å². The lowest BCUT2D eigenvalue weighted by molar-refractivity contribution is 0.682. The highest BCUT2D eigenvalue weighted by Gasteiger charge is 2.48. The summed E-state index contributed by atoms with van der Waals surface area (Å²) in [6, 6.07) is 2.42. The summed E-state index contributed by atoms with van der Waals surface area (Å²) in [6.07, 6.45) is 1.82. The van der Waals surface area contributed by atoms with Crippen LogP contribution in [0.1, 0.15) is 27.7 Å². The lowest BCUT2D eigenvalue weighted by Gasteiger charge is -2.45. The molecular weight excluding hydrogens is 174 g/mol. The van der Waals surface area contributed by atoms with E-state index in [-0.39, 0.29) is 10.1 Å². The van der Waals surface area contributed by atoms with Gasteiger partial charge in [-0.15, -0.1) is 6.58 Å². The fraction of sp³-hybridized carbons (Fsp3) is 0.727. The van der Waals surface area contributed by atoms with E-state index in [4.69, 9.17) is 0 Å². The van der Waals surface area contributed by atoms with Gasteiger partial charge < -0.3 is 0 Å². The number of hydrogen-bond donors (Lipinski definition) is 0. The second-order valence-electron chi connectivity index (χ2n) is 5.39. The fourth-order valence-electron chi connectivity index (χ4n) is 1.22. The third-order valence-electron chi connectivity index (χ3n) is 3.81. The molecule has 0 amide bonds.